The smallest absolute Gasteiger partial charge is 0.307 e. The first-order chi connectivity index (χ1) is 7.58. The fraction of sp³-hybridized carbons (Fsp3) is 0.364. The SMILES string of the molecule is Cc1ccc(NC(=O)C2CC2C(=O)O)cn1. The van der Waals surface area contributed by atoms with Crippen LogP contribution in [0.5, 0.6) is 0 Å². The van der Waals surface area contributed by atoms with Crippen LogP contribution in [0, 0.1) is 18.8 Å². The van der Waals surface area contributed by atoms with Gasteiger partial charge >= 0.3 is 5.97 Å². The Labute approximate surface area is 92.5 Å². The number of hydrogen-bond acceptors (Lipinski definition) is 3. The monoisotopic (exact) mass is 220 g/mol. The number of nitrogens with one attached hydrogen (secondary N) is 1. The van der Waals surface area contributed by atoms with E-state index in [0.717, 1.165) is 5.69 Å². The summed E-state index contributed by atoms with van der Waals surface area (Å²) in [4.78, 5) is 26.2. The summed E-state index contributed by atoms with van der Waals surface area (Å²) in [5.41, 5.74) is 1.47. The van der Waals surface area contributed by atoms with Gasteiger partial charge in [0.1, 0.15) is 0 Å². The minimum Gasteiger partial charge on any atom is -0.481 e. The molecule has 0 aromatic carbocycles. The second-order valence-corrected chi connectivity index (χ2v) is 3.96. The van der Waals surface area contributed by atoms with Crippen LogP contribution in [0.1, 0.15) is 12.1 Å². The van der Waals surface area contributed by atoms with Crippen molar-refractivity contribution in [3.05, 3.63) is 24.0 Å². The molecule has 5 heteroatoms. The van der Waals surface area contributed by atoms with E-state index in [1.807, 2.05) is 6.92 Å². The van der Waals surface area contributed by atoms with Gasteiger partial charge in [-0.3, -0.25) is 14.6 Å². The number of carboxylic acid groups (broad SMARTS) is 1. The van der Waals surface area contributed by atoms with Crippen molar-refractivity contribution in [1.82, 2.24) is 4.98 Å². The molecule has 2 atom stereocenters. The number of aryl methyl sites for hydroxylation is 1. The van der Waals surface area contributed by atoms with E-state index in [9.17, 15) is 9.59 Å². The van der Waals surface area contributed by atoms with Crippen LogP contribution in [0.4, 0.5) is 5.69 Å². The first kappa shape index (κ1) is 10.6. The summed E-state index contributed by atoms with van der Waals surface area (Å²) >= 11 is 0. The molecule has 2 rings (SSSR count). The van der Waals surface area contributed by atoms with E-state index in [-0.39, 0.29) is 11.8 Å². The lowest BCUT2D eigenvalue weighted by Crippen LogP contribution is -2.16. The maximum absolute atomic E-state index is 11.6. The number of pyridine rings is 1. The average molecular weight is 220 g/mol. The Morgan fingerprint density at radius 2 is 2.19 bits per heavy atom. The highest BCUT2D eigenvalue weighted by atomic mass is 16.4. The van der Waals surface area contributed by atoms with Crippen molar-refractivity contribution in [2.24, 2.45) is 11.8 Å². The van der Waals surface area contributed by atoms with Crippen molar-refractivity contribution >= 4 is 17.6 Å². The summed E-state index contributed by atoms with van der Waals surface area (Å²) in [5, 5.41) is 11.3. The van der Waals surface area contributed by atoms with Gasteiger partial charge in [-0.1, -0.05) is 0 Å². The first-order valence-electron chi connectivity index (χ1n) is 5.04. The second-order valence-electron chi connectivity index (χ2n) is 3.96. The summed E-state index contributed by atoms with van der Waals surface area (Å²) in [6, 6.07) is 3.54. The van der Waals surface area contributed by atoms with Gasteiger partial charge in [-0.05, 0) is 25.5 Å². The van der Waals surface area contributed by atoms with Crippen LogP contribution in [-0.2, 0) is 9.59 Å². The zero-order valence-corrected chi connectivity index (χ0v) is 8.80. The van der Waals surface area contributed by atoms with E-state index in [1.54, 1.807) is 18.3 Å². The van der Waals surface area contributed by atoms with Crippen molar-refractivity contribution in [2.45, 2.75) is 13.3 Å². The van der Waals surface area contributed by atoms with Crippen LogP contribution in [0.3, 0.4) is 0 Å². The number of rotatable bonds is 3. The zero-order chi connectivity index (χ0) is 11.7. The van der Waals surface area contributed by atoms with Gasteiger partial charge in [-0.25, -0.2) is 0 Å². The van der Waals surface area contributed by atoms with Gasteiger partial charge < -0.3 is 10.4 Å². The Balaban J connectivity index is 1.94. The normalized spacial score (nSPS) is 22.6. The molecule has 1 aromatic heterocycles. The van der Waals surface area contributed by atoms with Gasteiger partial charge in [0.25, 0.3) is 0 Å². The van der Waals surface area contributed by atoms with Crippen LogP contribution in [0.2, 0.25) is 0 Å². The molecule has 16 heavy (non-hydrogen) atoms. The van der Waals surface area contributed by atoms with Gasteiger partial charge in [0, 0.05) is 5.69 Å². The van der Waals surface area contributed by atoms with Crippen molar-refractivity contribution < 1.29 is 14.7 Å². The Kier molecular flexibility index (Phi) is 2.60. The van der Waals surface area contributed by atoms with E-state index >= 15 is 0 Å². The third-order valence-corrected chi connectivity index (χ3v) is 2.62. The van der Waals surface area contributed by atoms with Crippen molar-refractivity contribution in [3.63, 3.8) is 0 Å². The van der Waals surface area contributed by atoms with E-state index in [4.69, 9.17) is 5.11 Å². The molecule has 0 aliphatic heterocycles. The maximum atomic E-state index is 11.6. The fourth-order valence-electron chi connectivity index (χ4n) is 1.53. The van der Waals surface area contributed by atoms with Gasteiger partial charge in [-0.2, -0.15) is 0 Å². The number of hydrogen-bond donors (Lipinski definition) is 2. The van der Waals surface area contributed by atoms with Gasteiger partial charge in [0.05, 0.1) is 23.7 Å². The van der Waals surface area contributed by atoms with Crippen molar-refractivity contribution in [3.8, 4) is 0 Å². The highest BCUT2D eigenvalue weighted by Crippen LogP contribution is 2.39. The third-order valence-electron chi connectivity index (χ3n) is 2.62. The third kappa shape index (κ3) is 2.18. The predicted molar refractivity (Wildman–Crippen MR) is 56.8 cm³/mol. The lowest BCUT2D eigenvalue weighted by Gasteiger charge is -2.03. The molecule has 1 fully saturated rings. The number of carbonyl (C=O) groups is 2. The molecular weight excluding hydrogens is 208 g/mol. The van der Waals surface area contributed by atoms with E-state index in [1.165, 1.54) is 0 Å². The number of amides is 1. The highest BCUT2D eigenvalue weighted by molar-refractivity contribution is 5.98. The number of anilines is 1. The first-order valence-corrected chi connectivity index (χ1v) is 5.04. The Bertz CT molecular complexity index is 427. The highest BCUT2D eigenvalue weighted by Gasteiger charge is 2.48. The predicted octanol–water partition coefficient (Wildman–Crippen LogP) is 1.05. The summed E-state index contributed by atoms with van der Waals surface area (Å²) in [6.45, 7) is 1.85. The lowest BCUT2D eigenvalue weighted by atomic mass is 10.3. The largest absolute Gasteiger partial charge is 0.481 e. The fourth-order valence-corrected chi connectivity index (χ4v) is 1.53. The molecule has 1 amide bonds. The molecule has 1 aromatic rings. The molecule has 2 unspecified atom stereocenters. The van der Waals surface area contributed by atoms with E-state index < -0.39 is 11.9 Å². The number of aliphatic carboxylic acids is 1. The number of aromatic nitrogens is 1. The van der Waals surface area contributed by atoms with Crippen molar-refractivity contribution in [2.75, 3.05) is 5.32 Å². The van der Waals surface area contributed by atoms with Crippen LogP contribution < -0.4 is 5.32 Å². The second kappa shape index (κ2) is 3.92. The standard InChI is InChI=1S/C11H12N2O3/c1-6-2-3-7(5-12-6)13-10(14)8-4-9(8)11(15)16/h2-3,5,8-9H,4H2,1H3,(H,13,14)(H,15,16). The molecule has 0 bridgehead atoms. The molecule has 0 spiro atoms. The summed E-state index contributed by atoms with van der Waals surface area (Å²) < 4.78 is 0. The molecule has 1 aliphatic carbocycles. The Morgan fingerprint density at radius 1 is 1.44 bits per heavy atom. The molecule has 1 heterocycles. The Morgan fingerprint density at radius 3 is 2.69 bits per heavy atom. The maximum Gasteiger partial charge on any atom is 0.307 e. The molecule has 84 valence electrons. The van der Waals surface area contributed by atoms with E-state index in [0.29, 0.717) is 12.1 Å². The zero-order valence-electron chi connectivity index (χ0n) is 8.80. The molecule has 2 N–H and O–H groups in total. The topological polar surface area (TPSA) is 79.3 Å². The van der Waals surface area contributed by atoms with E-state index in [2.05, 4.69) is 10.3 Å². The summed E-state index contributed by atoms with van der Waals surface area (Å²) in [5.74, 6) is -2.04. The molecule has 1 aliphatic rings. The van der Waals surface area contributed by atoms with Gasteiger partial charge in [0.15, 0.2) is 0 Å². The number of carboxylic acids is 1. The summed E-state index contributed by atoms with van der Waals surface area (Å²) in [6.07, 6.45) is 1.99. The van der Waals surface area contributed by atoms with Gasteiger partial charge in [0.2, 0.25) is 5.91 Å². The van der Waals surface area contributed by atoms with Crippen LogP contribution in [-0.4, -0.2) is 22.0 Å². The molecule has 5 nitrogen and oxygen atoms in total. The summed E-state index contributed by atoms with van der Waals surface area (Å²) in [7, 11) is 0. The minimum atomic E-state index is -0.901. The van der Waals surface area contributed by atoms with Crippen molar-refractivity contribution in [1.29, 1.82) is 0 Å². The van der Waals surface area contributed by atoms with Crippen LogP contribution in [0.15, 0.2) is 18.3 Å². The van der Waals surface area contributed by atoms with Crippen LogP contribution >= 0.6 is 0 Å². The quantitative estimate of drug-likeness (QED) is 0.797. The molecule has 0 radical (unpaired) electrons. The Hall–Kier alpha value is -1.91. The number of nitrogens with zero attached hydrogens (tertiary/aromatic N) is 1. The minimum absolute atomic E-state index is 0.238. The lowest BCUT2D eigenvalue weighted by molar-refractivity contribution is -0.139. The molecular formula is C11H12N2O3. The molecule has 0 saturated heterocycles. The molecule has 1 saturated carbocycles. The van der Waals surface area contributed by atoms with Gasteiger partial charge in [-0.15, -0.1) is 0 Å². The number of carbonyl (C=O) groups excluding carboxylic acids is 1. The van der Waals surface area contributed by atoms with Crippen LogP contribution in [0.25, 0.3) is 0 Å². The average Bonchev–Trinajstić information content (AvgIpc) is 3.01.